The highest BCUT2D eigenvalue weighted by Crippen LogP contribution is 2.36. The van der Waals surface area contributed by atoms with Crippen LogP contribution < -0.4 is 5.56 Å². The number of thiophene rings is 1. The maximum Gasteiger partial charge on any atom is 0.267 e. The second kappa shape index (κ2) is 7.55. The van der Waals surface area contributed by atoms with Crippen LogP contribution >= 0.6 is 23.1 Å². The van der Waals surface area contributed by atoms with Crippen LogP contribution in [0.3, 0.4) is 0 Å². The van der Waals surface area contributed by atoms with Gasteiger partial charge in [-0.15, -0.1) is 11.3 Å². The molecule has 3 aromatic rings. The molecule has 1 aliphatic rings. The van der Waals surface area contributed by atoms with Gasteiger partial charge in [-0.05, 0) is 50.8 Å². The third kappa shape index (κ3) is 3.21. The fourth-order valence-electron chi connectivity index (χ4n) is 3.38. The molecule has 2 aromatic heterocycles. The minimum absolute atomic E-state index is 0.0668. The maximum atomic E-state index is 13.4. The van der Waals surface area contributed by atoms with Crippen molar-refractivity contribution >= 4 is 33.3 Å². The van der Waals surface area contributed by atoms with Crippen molar-refractivity contribution in [3.63, 3.8) is 0 Å². The number of benzene rings is 1. The zero-order valence-corrected chi connectivity index (χ0v) is 16.7. The molecule has 6 heteroatoms. The van der Waals surface area contributed by atoms with E-state index in [-0.39, 0.29) is 5.56 Å². The summed E-state index contributed by atoms with van der Waals surface area (Å²) in [6.07, 6.45) is 3.22. The van der Waals surface area contributed by atoms with E-state index in [0.717, 1.165) is 46.1 Å². The zero-order chi connectivity index (χ0) is 18.1. The summed E-state index contributed by atoms with van der Waals surface area (Å²) in [6, 6.07) is 8.09. The molecule has 1 aliphatic carbocycles. The van der Waals surface area contributed by atoms with Crippen LogP contribution in [0.5, 0.6) is 0 Å². The highest BCUT2D eigenvalue weighted by molar-refractivity contribution is 7.99. The normalized spacial score (nSPS) is 13.5. The Morgan fingerprint density at radius 1 is 1.27 bits per heavy atom. The van der Waals surface area contributed by atoms with Gasteiger partial charge in [-0.1, -0.05) is 29.5 Å². The van der Waals surface area contributed by atoms with Crippen LogP contribution in [0, 0.1) is 6.92 Å². The molecule has 2 heterocycles. The summed E-state index contributed by atoms with van der Waals surface area (Å²) in [5.74, 6) is 0.780. The fraction of sp³-hybridized carbons (Fsp3) is 0.400. The lowest BCUT2D eigenvalue weighted by Gasteiger charge is -2.12. The van der Waals surface area contributed by atoms with Crippen molar-refractivity contribution in [2.75, 3.05) is 19.0 Å². The molecule has 4 rings (SSSR count). The van der Waals surface area contributed by atoms with E-state index in [1.165, 1.54) is 16.0 Å². The number of hydrogen-bond acceptors (Lipinski definition) is 5. The molecule has 0 fully saturated rings. The average molecular weight is 387 g/mol. The predicted molar refractivity (Wildman–Crippen MR) is 109 cm³/mol. The van der Waals surface area contributed by atoms with Crippen LogP contribution in [-0.2, 0) is 17.6 Å². The number of aromatic nitrogens is 2. The smallest absolute Gasteiger partial charge is 0.267 e. The van der Waals surface area contributed by atoms with Gasteiger partial charge in [-0.2, -0.15) is 0 Å². The van der Waals surface area contributed by atoms with E-state index in [0.29, 0.717) is 13.2 Å². The molecule has 0 saturated heterocycles. The number of hydrogen-bond donors (Lipinski definition) is 0. The SMILES string of the molecule is CCOCCSc1nc2sc3c(c2c(=O)n1-c1ccc(C)cc1)CCC3. The van der Waals surface area contributed by atoms with E-state index in [1.54, 1.807) is 27.7 Å². The zero-order valence-electron chi connectivity index (χ0n) is 15.1. The van der Waals surface area contributed by atoms with Crippen molar-refractivity contribution in [2.45, 2.75) is 38.3 Å². The molecular weight excluding hydrogens is 364 g/mol. The Balaban J connectivity index is 1.85. The first-order valence-electron chi connectivity index (χ1n) is 9.04. The molecule has 0 spiro atoms. The Morgan fingerprint density at radius 2 is 2.08 bits per heavy atom. The minimum Gasteiger partial charge on any atom is -0.381 e. The van der Waals surface area contributed by atoms with Crippen molar-refractivity contribution in [2.24, 2.45) is 0 Å². The van der Waals surface area contributed by atoms with Crippen LogP contribution in [0.15, 0.2) is 34.2 Å². The summed E-state index contributed by atoms with van der Waals surface area (Å²) in [6.45, 7) is 5.40. The maximum absolute atomic E-state index is 13.4. The molecule has 0 bridgehead atoms. The van der Waals surface area contributed by atoms with E-state index in [4.69, 9.17) is 9.72 Å². The summed E-state index contributed by atoms with van der Waals surface area (Å²) in [4.78, 5) is 20.5. The Bertz CT molecular complexity index is 990. The first-order chi connectivity index (χ1) is 12.7. The Kier molecular flexibility index (Phi) is 5.16. The quantitative estimate of drug-likeness (QED) is 0.358. The molecule has 136 valence electrons. The first kappa shape index (κ1) is 17.8. The molecule has 0 unspecified atom stereocenters. The summed E-state index contributed by atoms with van der Waals surface area (Å²) >= 11 is 3.29. The number of nitrogens with zero attached hydrogens (tertiary/aromatic N) is 2. The number of fused-ring (bicyclic) bond motifs is 3. The molecule has 26 heavy (non-hydrogen) atoms. The molecule has 0 aliphatic heterocycles. The lowest BCUT2D eigenvalue weighted by Crippen LogP contribution is -2.22. The van der Waals surface area contributed by atoms with Gasteiger partial charge >= 0.3 is 0 Å². The molecule has 0 atom stereocenters. The van der Waals surface area contributed by atoms with Crippen molar-refractivity contribution in [1.29, 1.82) is 0 Å². The van der Waals surface area contributed by atoms with Crippen molar-refractivity contribution in [1.82, 2.24) is 9.55 Å². The van der Waals surface area contributed by atoms with E-state index in [9.17, 15) is 4.79 Å². The summed E-state index contributed by atoms with van der Waals surface area (Å²) in [5.41, 5.74) is 3.36. The largest absolute Gasteiger partial charge is 0.381 e. The molecule has 0 amide bonds. The molecule has 4 nitrogen and oxygen atoms in total. The molecule has 1 aromatic carbocycles. The summed E-state index contributed by atoms with van der Waals surface area (Å²) in [5, 5.41) is 1.59. The van der Waals surface area contributed by atoms with Gasteiger partial charge < -0.3 is 4.74 Å². The van der Waals surface area contributed by atoms with Gasteiger partial charge in [0.05, 0.1) is 17.7 Å². The van der Waals surface area contributed by atoms with Gasteiger partial charge in [0, 0.05) is 17.2 Å². The molecule has 0 saturated carbocycles. The third-order valence-electron chi connectivity index (χ3n) is 4.66. The van der Waals surface area contributed by atoms with E-state index >= 15 is 0 Å². The minimum atomic E-state index is 0.0668. The highest BCUT2D eigenvalue weighted by Gasteiger charge is 2.23. The van der Waals surface area contributed by atoms with Gasteiger partial charge in [0.2, 0.25) is 0 Å². The molecule has 0 N–H and O–H groups in total. The Morgan fingerprint density at radius 3 is 2.85 bits per heavy atom. The number of thioether (sulfide) groups is 1. The lowest BCUT2D eigenvalue weighted by atomic mass is 10.2. The van der Waals surface area contributed by atoms with E-state index in [1.807, 2.05) is 31.2 Å². The van der Waals surface area contributed by atoms with Crippen LogP contribution in [0.1, 0.15) is 29.3 Å². The van der Waals surface area contributed by atoms with Gasteiger partial charge in [0.15, 0.2) is 5.16 Å². The average Bonchev–Trinajstić information content (AvgIpc) is 3.20. The van der Waals surface area contributed by atoms with Crippen LogP contribution in [0.4, 0.5) is 0 Å². The Hall–Kier alpha value is -1.63. The van der Waals surface area contributed by atoms with Gasteiger partial charge in [-0.3, -0.25) is 9.36 Å². The monoisotopic (exact) mass is 386 g/mol. The number of ether oxygens (including phenoxy) is 1. The second-order valence-corrected chi connectivity index (χ2v) is 8.60. The van der Waals surface area contributed by atoms with Crippen LogP contribution in [0.2, 0.25) is 0 Å². The summed E-state index contributed by atoms with van der Waals surface area (Å²) in [7, 11) is 0. The number of rotatable bonds is 6. The third-order valence-corrected chi connectivity index (χ3v) is 6.75. The first-order valence-corrected chi connectivity index (χ1v) is 10.8. The van der Waals surface area contributed by atoms with Crippen molar-refractivity contribution in [3.05, 3.63) is 50.6 Å². The number of aryl methyl sites for hydroxylation is 3. The topological polar surface area (TPSA) is 44.1 Å². The van der Waals surface area contributed by atoms with E-state index < -0.39 is 0 Å². The van der Waals surface area contributed by atoms with Crippen molar-refractivity contribution in [3.8, 4) is 5.69 Å². The van der Waals surface area contributed by atoms with E-state index in [2.05, 4.69) is 6.92 Å². The van der Waals surface area contributed by atoms with Gasteiger partial charge in [0.25, 0.3) is 5.56 Å². The second-order valence-electron chi connectivity index (χ2n) is 6.45. The lowest BCUT2D eigenvalue weighted by molar-refractivity contribution is 0.164. The predicted octanol–water partition coefficient (Wildman–Crippen LogP) is 4.37. The standard InChI is InChI=1S/C20H22N2O2S2/c1-3-24-11-12-25-20-21-18-17(15-5-4-6-16(15)26-18)19(23)22(20)14-9-7-13(2)8-10-14/h7-10H,3-6,11-12H2,1-2H3. The van der Waals surface area contributed by atoms with Crippen LogP contribution in [-0.4, -0.2) is 28.5 Å². The molecular formula is C20H22N2O2S2. The Labute approximate surface area is 161 Å². The molecule has 0 radical (unpaired) electrons. The van der Waals surface area contributed by atoms with Crippen LogP contribution in [0.25, 0.3) is 15.9 Å². The summed E-state index contributed by atoms with van der Waals surface area (Å²) < 4.78 is 7.23. The van der Waals surface area contributed by atoms with Crippen molar-refractivity contribution < 1.29 is 4.74 Å². The fourth-order valence-corrected chi connectivity index (χ4v) is 5.55. The van der Waals surface area contributed by atoms with Gasteiger partial charge in [-0.25, -0.2) is 4.98 Å². The van der Waals surface area contributed by atoms with Gasteiger partial charge in [0.1, 0.15) is 4.83 Å². The highest BCUT2D eigenvalue weighted by atomic mass is 32.2.